The van der Waals surface area contributed by atoms with Gasteiger partial charge in [-0.3, -0.25) is 4.79 Å². The lowest BCUT2D eigenvalue weighted by molar-refractivity contribution is -0.123. The minimum Gasteiger partial charge on any atom is -0.449 e. The van der Waals surface area contributed by atoms with Gasteiger partial charge in [0, 0.05) is 11.5 Å². The predicted molar refractivity (Wildman–Crippen MR) is 81.0 cm³/mol. The van der Waals surface area contributed by atoms with Crippen LogP contribution in [-0.4, -0.2) is 23.1 Å². The second-order valence-electron chi connectivity index (χ2n) is 5.01. The van der Waals surface area contributed by atoms with Crippen molar-refractivity contribution in [3.63, 3.8) is 0 Å². The normalized spacial score (nSPS) is 12.1. The Balaban J connectivity index is 1.65. The van der Waals surface area contributed by atoms with Crippen LogP contribution < -0.4 is 5.32 Å². The average Bonchev–Trinajstić information content (AvgIpc) is 3.13. The molecular weight excluding hydrogens is 300 g/mol. The van der Waals surface area contributed by atoms with Crippen LogP contribution in [0.3, 0.4) is 0 Å². The number of hydrogen-bond acceptors (Lipinski definition) is 6. The molecule has 0 aliphatic heterocycles. The number of rotatable bonds is 4. The number of nitrogens with zero attached hydrogens (tertiary/aromatic N) is 1. The number of amides is 1. The van der Waals surface area contributed by atoms with Crippen molar-refractivity contribution in [3.05, 3.63) is 47.9 Å². The van der Waals surface area contributed by atoms with Gasteiger partial charge in [-0.1, -0.05) is 23.4 Å². The summed E-state index contributed by atoms with van der Waals surface area (Å²) in [6.45, 7) is 3.16. The van der Waals surface area contributed by atoms with Crippen molar-refractivity contribution < 1.29 is 23.3 Å². The van der Waals surface area contributed by atoms with Crippen LogP contribution in [0.2, 0.25) is 0 Å². The highest BCUT2D eigenvalue weighted by Gasteiger charge is 2.22. The summed E-state index contributed by atoms with van der Waals surface area (Å²) in [6, 6.07) is 10.3. The summed E-state index contributed by atoms with van der Waals surface area (Å²) in [7, 11) is 0. The molecule has 3 aromatic rings. The van der Waals surface area contributed by atoms with Gasteiger partial charge in [0.15, 0.2) is 11.9 Å². The number of fused-ring (bicyclic) bond motifs is 1. The number of esters is 1. The van der Waals surface area contributed by atoms with Gasteiger partial charge in [-0.2, -0.15) is 0 Å². The van der Waals surface area contributed by atoms with E-state index in [9.17, 15) is 9.59 Å². The van der Waals surface area contributed by atoms with Gasteiger partial charge in [0.25, 0.3) is 5.91 Å². The van der Waals surface area contributed by atoms with Crippen molar-refractivity contribution in [1.82, 2.24) is 5.16 Å². The second kappa shape index (κ2) is 5.96. The summed E-state index contributed by atoms with van der Waals surface area (Å²) in [5.74, 6) is -0.350. The second-order valence-corrected chi connectivity index (χ2v) is 5.01. The molecule has 3 rings (SSSR count). The number of hydrogen-bond donors (Lipinski definition) is 1. The number of benzene rings is 1. The highest BCUT2D eigenvalue weighted by atomic mass is 16.6. The Hall–Kier alpha value is -3.09. The van der Waals surface area contributed by atoms with Gasteiger partial charge in [0.2, 0.25) is 5.76 Å². The van der Waals surface area contributed by atoms with Crippen LogP contribution in [0.25, 0.3) is 11.0 Å². The molecular formula is C16H14N2O5. The van der Waals surface area contributed by atoms with E-state index in [1.807, 2.05) is 12.1 Å². The molecule has 1 aromatic carbocycles. The van der Waals surface area contributed by atoms with Crippen LogP contribution >= 0.6 is 0 Å². The summed E-state index contributed by atoms with van der Waals surface area (Å²) >= 11 is 0. The number of aromatic nitrogens is 1. The van der Waals surface area contributed by atoms with Gasteiger partial charge in [-0.15, -0.1) is 0 Å². The monoisotopic (exact) mass is 314 g/mol. The Morgan fingerprint density at radius 3 is 2.74 bits per heavy atom. The summed E-state index contributed by atoms with van der Waals surface area (Å²) < 4.78 is 15.3. The molecule has 1 atom stereocenters. The molecule has 2 heterocycles. The Morgan fingerprint density at radius 1 is 1.26 bits per heavy atom. The SMILES string of the molecule is Cc1cc(NC(=O)[C@H](C)OC(=O)c2cc3ccccc3o2)no1. The van der Waals surface area contributed by atoms with Gasteiger partial charge >= 0.3 is 5.97 Å². The Labute approximate surface area is 131 Å². The molecule has 0 saturated carbocycles. The van der Waals surface area contributed by atoms with Crippen LogP contribution in [0.5, 0.6) is 0 Å². The number of carbonyl (C=O) groups is 2. The van der Waals surface area contributed by atoms with Crippen molar-refractivity contribution in [3.8, 4) is 0 Å². The predicted octanol–water partition coefficient (Wildman–Crippen LogP) is 2.91. The molecule has 0 spiro atoms. The maximum absolute atomic E-state index is 12.1. The number of para-hydroxylation sites is 1. The van der Waals surface area contributed by atoms with E-state index in [2.05, 4.69) is 10.5 Å². The van der Waals surface area contributed by atoms with Crippen molar-refractivity contribution in [2.24, 2.45) is 0 Å². The third-order valence-corrected chi connectivity index (χ3v) is 3.16. The summed E-state index contributed by atoms with van der Waals surface area (Å²) in [4.78, 5) is 24.0. The molecule has 1 amide bonds. The maximum atomic E-state index is 12.1. The van der Waals surface area contributed by atoms with Crippen molar-refractivity contribution in [1.29, 1.82) is 0 Å². The lowest BCUT2D eigenvalue weighted by atomic mass is 10.2. The van der Waals surface area contributed by atoms with Crippen molar-refractivity contribution in [2.75, 3.05) is 5.32 Å². The number of ether oxygens (including phenoxy) is 1. The Morgan fingerprint density at radius 2 is 2.04 bits per heavy atom. The molecule has 7 nitrogen and oxygen atoms in total. The van der Waals surface area contributed by atoms with E-state index in [4.69, 9.17) is 13.7 Å². The summed E-state index contributed by atoms with van der Waals surface area (Å²) in [5, 5.41) is 6.92. The fourth-order valence-corrected chi connectivity index (χ4v) is 2.01. The van der Waals surface area contributed by atoms with Crippen LogP contribution in [-0.2, 0) is 9.53 Å². The minimum absolute atomic E-state index is 0.0446. The van der Waals surface area contributed by atoms with Gasteiger partial charge < -0.3 is 19.0 Å². The van der Waals surface area contributed by atoms with Crippen LogP contribution in [0.1, 0.15) is 23.2 Å². The number of furan rings is 1. The zero-order valence-corrected chi connectivity index (χ0v) is 12.5. The van der Waals surface area contributed by atoms with Crippen LogP contribution in [0, 0.1) is 6.92 Å². The number of carbonyl (C=O) groups excluding carboxylic acids is 2. The van der Waals surface area contributed by atoms with E-state index >= 15 is 0 Å². The Bertz CT molecular complexity index is 831. The first kappa shape index (κ1) is 14.8. The molecule has 0 radical (unpaired) electrons. The lowest BCUT2D eigenvalue weighted by Gasteiger charge is -2.10. The molecule has 0 aliphatic rings. The summed E-state index contributed by atoms with van der Waals surface area (Å²) in [5.41, 5.74) is 0.578. The number of aryl methyl sites for hydroxylation is 1. The highest BCUT2D eigenvalue weighted by molar-refractivity contribution is 5.97. The Kier molecular flexibility index (Phi) is 3.84. The smallest absolute Gasteiger partial charge is 0.375 e. The molecule has 23 heavy (non-hydrogen) atoms. The van der Waals surface area contributed by atoms with Gasteiger partial charge in [0.05, 0.1) is 0 Å². The molecule has 2 aromatic heterocycles. The van der Waals surface area contributed by atoms with E-state index in [1.165, 1.54) is 6.92 Å². The largest absolute Gasteiger partial charge is 0.449 e. The van der Waals surface area contributed by atoms with Crippen LogP contribution in [0.4, 0.5) is 5.82 Å². The molecule has 0 bridgehead atoms. The van der Waals surface area contributed by atoms with E-state index < -0.39 is 18.0 Å². The van der Waals surface area contributed by atoms with E-state index in [-0.39, 0.29) is 11.6 Å². The standard InChI is InChI=1S/C16H14N2O5/c1-9-7-14(18-23-9)17-15(19)10(2)21-16(20)13-8-11-5-3-4-6-12(11)22-13/h3-8,10H,1-2H3,(H,17,18,19)/t10-/m0/s1. The lowest BCUT2D eigenvalue weighted by Crippen LogP contribution is -2.30. The van der Waals surface area contributed by atoms with Gasteiger partial charge in [-0.05, 0) is 26.0 Å². The molecule has 0 unspecified atom stereocenters. The quantitative estimate of drug-likeness (QED) is 0.744. The maximum Gasteiger partial charge on any atom is 0.375 e. The van der Waals surface area contributed by atoms with Gasteiger partial charge in [-0.25, -0.2) is 4.79 Å². The number of nitrogens with one attached hydrogen (secondary N) is 1. The molecule has 7 heteroatoms. The van der Waals surface area contributed by atoms with Gasteiger partial charge in [0.1, 0.15) is 11.3 Å². The molecule has 0 fully saturated rings. The molecule has 118 valence electrons. The first-order chi connectivity index (χ1) is 11.0. The fraction of sp³-hybridized carbons (Fsp3) is 0.188. The highest BCUT2D eigenvalue weighted by Crippen LogP contribution is 2.20. The average molecular weight is 314 g/mol. The van der Waals surface area contributed by atoms with Crippen molar-refractivity contribution >= 4 is 28.7 Å². The van der Waals surface area contributed by atoms with E-state index in [0.717, 1.165) is 5.39 Å². The van der Waals surface area contributed by atoms with E-state index in [0.29, 0.717) is 11.3 Å². The molecule has 1 N–H and O–H groups in total. The summed E-state index contributed by atoms with van der Waals surface area (Å²) in [6.07, 6.45) is -1.01. The topological polar surface area (TPSA) is 94.6 Å². The van der Waals surface area contributed by atoms with E-state index in [1.54, 1.807) is 31.2 Å². The third kappa shape index (κ3) is 3.23. The molecule has 0 saturated heterocycles. The van der Waals surface area contributed by atoms with Crippen LogP contribution in [0.15, 0.2) is 45.3 Å². The fourth-order valence-electron chi connectivity index (χ4n) is 2.01. The zero-order valence-electron chi connectivity index (χ0n) is 12.5. The third-order valence-electron chi connectivity index (χ3n) is 3.16. The number of anilines is 1. The molecule has 0 aliphatic carbocycles. The minimum atomic E-state index is -1.01. The van der Waals surface area contributed by atoms with Crippen molar-refractivity contribution in [2.45, 2.75) is 20.0 Å². The first-order valence-electron chi connectivity index (χ1n) is 6.96. The first-order valence-corrected chi connectivity index (χ1v) is 6.96. The zero-order chi connectivity index (χ0) is 16.4.